The van der Waals surface area contributed by atoms with Gasteiger partial charge in [0.15, 0.2) is 0 Å². The van der Waals surface area contributed by atoms with E-state index in [-0.39, 0.29) is 5.60 Å². The van der Waals surface area contributed by atoms with Gasteiger partial charge < -0.3 is 14.3 Å². The zero-order chi connectivity index (χ0) is 20.7. The summed E-state index contributed by atoms with van der Waals surface area (Å²) in [4.78, 5) is 2.30. The average molecular weight is 535 g/mol. The maximum absolute atomic E-state index is 10.7. The Morgan fingerprint density at radius 1 is 1.03 bits per heavy atom. The van der Waals surface area contributed by atoms with E-state index in [4.69, 9.17) is 9.15 Å². The Hall–Kier alpha value is -1.74. The minimum absolute atomic E-state index is 0.318. The molecule has 0 aliphatic carbocycles. The molecule has 1 N–H and O–H groups in total. The fourth-order valence-electron chi connectivity index (χ4n) is 4.25. The van der Waals surface area contributed by atoms with Crippen molar-refractivity contribution >= 4 is 31.9 Å². The number of hydrogen-bond acceptors (Lipinski definition) is 6. The quantitative estimate of drug-likeness (QED) is 0.503. The zero-order valence-electron chi connectivity index (χ0n) is 16.2. The molecule has 1 atom stereocenters. The van der Waals surface area contributed by atoms with Crippen LogP contribution in [0.3, 0.4) is 0 Å². The lowest BCUT2D eigenvalue weighted by atomic mass is 9.81. The molecule has 1 unspecified atom stereocenters. The second kappa shape index (κ2) is 8.07. The zero-order valence-corrected chi connectivity index (χ0v) is 19.4. The highest BCUT2D eigenvalue weighted by molar-refractivity contribution is 9.10. The van der Waals surface area contributed by atoms with E-state index in [0.29, 0.717) is 24.7 Å². The highest BCUT2D eigenvalue weighted by atomic mass is 79.9. The van der Waals surface area contributed by atoms with Crippen molar-refractivity contribution in [3.63, 3.8) is 0 Å². The van der Waals surface area contributed by atoms with Crippen LogP contribution in [0, 0.1) is 0 Å². The molecule has 8 heteroatoms. The van der Waals surface area contributed by atoms with Gasteiger partial charge in [0.05, 0.1) is 12.6 Å². The molecule has 0 bridgehead atoms. The highest BCUT2D eigenvalue weighted by Crippen LogP contribution is 2.45. The topological polar surface area (TPSA) is 71.6 Å². The normalized spacial score (nSPS) is 20.7. The van der Waals surface area contributed by atoms with Gasteiger partial charge in [-0.3, -0.25) is 4.90 Å². The number of nitrogens with zero attached hydrogens (tertiary/aromatic N) is 3. The fourth-order valence-corrected chi connectivity index (χ4v) is 4.86. The van der Waals surface area contributed by atoms with Gasteiger partial charge in [0.25, 0.3) is 0 Å². The molecule has 2 aromatic carbocycles. The van der Waals surface area contributed by atoms with Gasteiger partial charge in [-0.2, -0.15) is 0 Å². The molecule has 1 saturated heterocycles. The third kappa shape index (κ3) is 4.06. The van der Waals surface area contributed by atoms with Crippen LogP contribution in [0.15, 0.2) is 55.8 Å². The Bertz CT molecular complexity index is 1050. The summed E-state index contributed by atoms with van der Waals surface area (Å²) in [7, 11) is 0. The molecule has 2 aliphatic heterocycles. The van der Waals surface area contributed by atoms with Crippen molar-refractivity contribution in [2.75, 3.05) is 13.1 Å². The van der Waals surface area contributed by atoms with Gasteiger partial charge in [0.1, 0.15) is 11.4 Å². The van der Waals surface area contributed by atoms with Gasteiger partial charge in [-0.1, -0.05) is 37.9 Å². The van der Waals surface area contributed by atoms with Crippen LogP contribution < -0.4 is 4.74 Å². The number of rotatable bonds is 3. The summed E-state index contributed by atoms with van der Waals surface area (Å²) in [6.45, 7) is 2.32. The Balaban J connectivity index is 1.23. The summed E-state index contributed by atoms with van der Waals surface area (Å²) in [5, 5.41) is 19.1. The van der Waals surface area contributed by atoms with Gasteiger partial charge >= 0.3 is 0 Å². The standard InChI is InChI=1S/C22H21Br2N3O3/c23-15-3-1-14(2-4-15)21-26-25-20(29-21)13-27-9-7-22(8-10-27)12-18(28)17-6-5-16(24)11-19(17)30-22/h1-6,11,18,28H,7-10,12-13H2. The number of benzene rings is 2. The lowest BCUT2D eigenvalue weighted by Gasteiger charge is -2.45. The summed E-state index contributed by atoms with van der Waals surface area (Å²) in [6.07, 6.45) is 1.84. The van der Waals surface area contributed by atoms with Crippen LogP contribution in [0.5, 0.6) is 5.75 Å². The van der Waals surface area contributed by atoms with Crippen LogP contribution in [0.4, 0.5) is 0 Å². The molecule has 0 radical (unpaired) electrons. The Labute approximate surface area is 191 Å². The van der Waals surface area contributed by atoms with Crippen molar-refractivity contribution in [1.29, 1.82) is 0 Å². The first kappa shape index (κ1) is 20.2. The molecule has 1 aromatic heterocycles. The van der Waals surface area contributed by atoms with Gasteiger partial charge in [0, 0.05) is 39.6 Å². The van der Waals surface area contributed by atoms with Crippen molar-refractivity contribution in [1.82, 2.24) is 15.1 Å². The number of halogens is 2. The summed E-state index contributed by atoms with van der Waals surface area (Å²) in [6, 6.07) is 13.6. The fraction of sp³-hybridized carbons (Fsp3) is 0.364. The summed E-state index contributed by atoms with van der Waals surface area (Å²) >= 11 is 6.93. The van der Waals surface area contributed by atoms with Crippen LogP contribution >= 0.6 is 31.9 Å². The minimum atomic E-state index is -0.488. The second-order valence-electron chi connectivity index (χ2n) is 7.97. The van der Waals surface area contributed by atoms with Gasteiger partial charge in [-0.05, 0) is 49.2 Å². The van der Waals surface area contributed by atoms with E-state index >= 15 is 0 Å². The smallest absolute Gasteiger partial charge is 0.247 e. The second-order valence-corrected chi connectivity index (χ2v) is 9.80. The first-order chi connectivity index (χ1) is 14.5. The number of likely N-dealkylation sites (tertiary alicyclic amines) is 1. The molecule has 0 amide bonds. The van der Waals surface area contributed by atoms with Crippen molar-refractivity contribution in [2.45, 2.75) is 37.5 Å². The monoisotopic (exact) mass is 533 g/mol. The van der Waals surface area contributed by atoms with Crippen LogP contribution in [-0.4, -0.2) is 38.9 Å². The van der Waals surface area contributed by atoms with E-state index < -0.39 is 6.10 Å². The molecule has 2 aliphatic rings. The van der Waals surface area contributed by atoms with E-state index in [1.54, 1.807) is 0 Å². The molecule has 156 valence electrons. The predicted molar refractivity (Wildman–Crippen MR) is 119 cm³/mol. The number of piperidine rings is 1. The van der Waals surface area contributed by atoms with E-state index in [2.05, 4.69) is 47.0 Å². The minimum Gasteiger partial charge on any atom is -0.487 e. The van der Waals surface area contributed by atoms with E-state index in [9.17, 15) is 5.11 Å². The summed E-state index contributed by atoms with van der Waals surface area (Å²) < 4.78 is 14.3. The van der Waals surface area contributed by atoms with E-state index in [1.807, 2.05) is 42.5 Å². The lowest BCUT2D eigenvalue weighted by molar-refractivity contribution is -0.0560. The van der Waals surface area contributed by atoms with Crippen molar-refractivity contribution in [2.24, 2.45) is 0 Å². The largest absolute Gasteiger partial charge is 0.487 e. The number of ether oxygens (including phenoxy) is 1. The number of hydrogen-bond donors (Lipinski definition) is 1. The number of aliphatic hydroxyl groups excluding tert-OH is 1. The highest BCUT2D eigenvalue weighted by Gasteiger charge is 2.43. The van der Waals surface area contributed by atoms with Crippen LogP contribution in [0.25, 0.3) is 11.5 Å². The maximum atomic E-state index is 10.7. The molecular weight excluding hydrogens is 514 g/mol. The van der Waals surface area contributed by atoms with Gasteiger partial charge in [-0.15, -0.1) is 10.2 Å². The molecule has 1 fully saturated rings. The van der Waals surface area contributed by atoms with Crippen LogP contribution in [0.2, 0.25) is 0 Å². The number of fused-ring (bicyclic) bond motifs is 1. The summed E-state index contributed by atoms with van der Waals surface area (Å²) in [5.74, 6) is 1.93. The maximum Gasteiger partial charge on any atom is 0.247 e. The Morgan fingerprint density at radius 2 is 1.77 bits per heavy atom. The third-order valence-electron chi connectivity index (χ3n) is 5.91. The molecule has 3 heterocycles. The molecule has 6 nitrogen and oxygen atoms in total. The van der Waals surface area contributed by atoms with Gasteiger partial charge in [-0.25, -0.2) is 0 Å². The van der Waals surface area contributed by atoms with Crippen LogP contribution in [-0.2, 0) is 6.54 Å². The molecule has 1 spiro atoms. The SMILES string of the molecule is OC1CC2(CCN(Cc3nnc(-c4ccc(Br)cc4)o3)CC2)Oc2cc(Br)ccc21. The molecule has 0 saturated carbocycles. The van der Waals surface area contributed by atoms with Gasteiger partial charge in [0.2, 0.25) is 11.8 Å². The number of aromatic nitrogens is 2. The third-order valence-corrected chi connectivity index (χ3v) is 6.93. The van der Waals surface area contributed by atoms with E-state index in [0.717, 1.165) is 51.8 Å². The average Bonchev–Trinajstić information content (AvgIpc) is 3.18. The summed E-state index contributed by atoms with van der Waals surface area (Å²) in [5.41, 5.74) is 1.46. The van der Waals surface area contributed by atoms with Crippen molar-refractivity contribution in [3.05, 3.63) is 62.9 Å². The van der Waals surface area contributed by atoms with Crippen molar-refractivity contribution in [3.8, 4) is 17.2 Å². The van der Waals surface area contributed by atoms with Crippen LogP contribution in [0.1, 0.15) is 36.8 Å². The van der Waals surface area contributed by atoms with E-state index in [1.165, 1.54) is 0 Å². The Morgan fingerprint density at radius 3 is 2.53 bits per heavy atom. The van der Waals surface area contributed by atoms with Crippen molar-refractivity contribution < 1.29 is 14.3 Å². The first-order valence-corrected chi connectivity index (χ1v) is 11.6. The molecule has 30 heavy (non-hydrogen) atoms. The lowest BCUT2D eigenvalue weighted by Crippen LogP contribution is -2.50. The molecule has 5 rings (SSSR count). The molecular formula is C22H21Br2N3O3. The predicted octanol–water partition coefficient (Wildman–Crippen LogP) is 5.11. The molecule has 3 aromatic rings. The first-order valence-electron chi connectivity index (χ1n) is 9.97. The Kier molecular flexibility index (Phi) is 5.43. The number of aliphatic hydroxyl groups is 1.